The Labute approximate surface area is 91.2 Å². The molecule has 0 aromatic carbocycles. The maximum atomic E-state index is 10.4. The first-order chi connectivity index (χ1) is 7.74. The van der Waals surface area contributed by atoms with Crippen molar-refractivity contribution in [1.82, 2.24) is 20.0 Å². The van der Waals surface area contributed by atoms with Gasteiger partial charge in [0.1, 0.15) is 11.8 Å². The van der Waals surface area contributed by atoms with Gasteiger partial charge in [-0.05, 0) is 18.6 Å². The van der Waals surface area contributed by atoms with Gasteiger partial charge < -0.3 is 0 Å². The first-order valence-electron chi connectivity index (χ1n) is 4.49. The number of aryl methyl sites for hydroxylation is 1. The lowest BCUT2D eigenvalue weighted by atomic mass is 10.2. The molecular formula is C10H7N5O. The lowest BCUT2D eigenvalue weighted by Gasteiger charge is -2.00. The molecule has 6 heteroatoms. The molecule has 0 spiro atoms. The van der Waals surface area contributed by atoms with Gasteiger partial charge in [-0.15, -0.1) is 9.90 Å². The topological polar surface area (TPSA) is 84.5 Å². The zero-order valence-corrected chi connectivity index (χ0v) is 8.45. The lowest BCUT2D eigenvalue weighted by Crippen LogP contribution is -2.03. The Hall–Kier alpha value is -2.55. The summed E-state index contributed by atoms with van der Waals surface area (Å²) in [6.45, 7) is 1.80. The molecule has 6 nitrogen and oxygen atoms in total. The molecule has 2 heterocycles. The van der Waals surface area contributed by atoms with Gasteiger partial charge >= 0.3 is 0 Å². The first-order valence-corrected chi connectivity index (χ1v) is 4.49. The van der Waals surface area contributed by atoms with Crippen LogP contribution in [0.2, 0.25) is 0 Å². The summed E-state index contributed by atoms with van der Waals surface area (Å²) in [6, 6.07) is 3.71. The summed E-state index contributed by atoms with van der Waals surface area (Å²) in [7, 11) is 0. The van der Waals surface area contributed by atoms with Gasteiger partial charge in [-0.25, -0.2) is 4.98 Å². The Bertz CT molecular complexity index is 581. The maximum absolute atomic E-state index is 10.4. The second kappa shape index (κ2) is 3.90. The number of hydrogen-bond acceptors (Lipinski definition) is 5. The van der Waals surface area contributed by atoms with E-state index in [1.165, 1.54) is 17.2 Å². The van der Waals surface area contributed by atoms with Crippen LogP contribution in [0.4, 0.5) is 0 Å². The van der Waals surface area contributed by atoms with Crippen LogP contribution >= 0.6 is 0 Å². The Morgan fingerprint density at radius 1 is 1.50 bits per heavy atom. The third kappa shape index (κ3) is 1.66. The average molecular weight is 213 g/mol. The Kier molecular flexibility index (Phi) is 2.44. The molecule has 0 aliphatic carbocycles. The van der Waals surface area contributed by atoms with Gasteiger partial charge in [0.25, 0.3) is 0 Å². The van der Waals surface area contributed by atoms with E-state index in [9.17, 15) is 4.79 Å². The summed E-state index contributed by atoms with van der Waals surface area (Å²) in [5.41, 5.74) is 1.53. The van der Waals surface area contributed by atoms with E-state index < -0.39 is 0 Å². The fourth-order valence-corrected chi connectivity index (χ4v) is 1.21. The Morgan fingerprint density at radius 2 is 2.31 bits per heavy atom. The number of pyridine rings is 1. The highest BCUT2D eigenvalue weighted by Crippen LogP contribution is 2.09. The van der Waals surface area contributed by atoms with Gasteiger partial charge in [-0.3, -0.25) is 4.79 Å². The van der Waals surface area contributed by atoms with Gasteiger partial charge in [0.05, 0.1) is 11.8 Å². The molecule has 0 unspecified atom stereocenters. The number of nitrogens with zero attached hydrogens (tertiary/aromatic N) is 5. The number of aldehydes is 1. The molecule has 0 fully saturated rings. The van der Waals surface area contributed by atoms with Crippen LogP contribution in [0.3, 0.4) is 0 Å². The van der Waals surface area contributed by atoms with Crippen molar-refractivity contribution in [3.05, 3.63) is 35.3 Å². The molecule has 0 amide bonds. The van der Waals surface area contributed by atoms with Crippen molar-refractivity contribution in [1.29, 1.82) is 5.26 Å². The number of aromatic nitrogens is 4. The fraction of sp³-hybridized carbons (Fsp3) is 0.100. The van der Waals surface area contributed by atoms with Crippen molar-refractivity contribution in [3.63, 3.8) is 0 Å². The van der Waals surface area contributed by atoms with E-state index in [1.54, 1.807) is 13.0 Å². The van der Waals surface area contributed by atoms with E-state index in [1.807, 2.05) is 6.07 Å². The van der Waals surface area contributed by atoms with Crippen molar-refractivity contribution in [3.8, 4) is 11.9 Å². The molecule has 16 heavy (non-hydrogen) atoms. The Balaban J connectivity index is 2.45. The van der Waals surface area contributed by atoms with Gasteiger partial charge in [0.15, 0.2) is 12.1 Å². The van der Waals surface area contributed by atoms with E-state index in [0.717, 1.165) is 5.56 Å². The van der Waals surface area contributed by atoms with Crippen LogP contribution in [0.5, 0.6) is 0 Å². The number of carbonyl (C=O) groups excluding carboxylic acids is 1. The molecule has 0 aliphatic heterocycles. The highest BCUT2D eigenvalue weighted by Gasteiger charge is 2.05. The minimum absolute atomic E-state index is 0.240. The lowest BCUT2D eigenvalue weighted by molar-refractivity contribution is 0.111. The molecule has 0 bridgehead atoms. The monoisotopic (exact) mass is 213 g/mol. The van der Waals surface area contributed by atoms with Crippen LogP contribution in [0.25, 0.3) is 5.82 Å². The summed E-state index contributed by atoms with van der Waals surface area (Å²) in [4.78, 5) is 15.7. The molecule has 2 rings (SSSR count). The SMILES string of the molecule is Cc1cc(-n2ncc(C=O)n2)ncc1C#N. The quantitative estimate of drug-likeness (QED) is 0.684. The average Bonchev–Trinajstić information content (AvgIpc) is 2.77. The normalized spacial score (nSPS) is 9.75. The summed E-state index contributed by atoms with van der Waals surface area (Å²) in [5.74, 6) is 0.476. The van der Waals surface area contributed by atoms with Crippen LogP contribution in [-0.4, -0.2) is 26.3 Å². The molecule has 2 aromatic heterocycles. The fourth-order valence-electron chi connectivity index (χ4n) is 1.21. The molecule has 2 aromatic rings. The molecule has 0 N–H and O–H groups in total. The first kappa shape index (κ1) is 9.98. The number of hydrogen-bond donors (Lipinski definition) is 0. The van der Waals surface area contributed by atoms with Crippen LogP contribution < -0.4 is 0 Å². The highest BCUT2D eigenvalue weighted by molar-refractivity contribution is 5.70. The summed E-state index contributed by atoms with van der Waals surface area (Å²) >= 11 is 0. The predicted molar refractivity (Wildman–Crippen MR) is 54.0 cm³/mol. The third-order valence-corrected chi connectivity index (χ3v) is 2.05. The van der Waals surface area contributed by atoms with Gasteiger partial charge in [0, 0.05) is 6.20 Å². The molecule has 0 radical (unpaired) electrons. The molecule has 78 valence electrons. The molecular weight excluding hydrogens is 206 g/mol. The number of nitriles is 1. The van der Waals surface area contributed by atoms with Crippen molar-refractivity contribution >= 4 is 6.29 Å². The van der Waals surface area contributed by atoms with Crippen molar-refractivity contribution in [2.45, 2.75) is 6.92 Å². The van der Waals surface area contributed by atoms with Crippen molar-refractivity contribution < 1.29 is 4.79 Å². The van der Waals surface area contributed by atoms with Crippen molar-refractivity contribution in [2.24, 2.45) is 0 Å². The van der Waals surface area contributed by atoms with E-state index in [2.05, 4.69) is 15.2 Å². The standard InChI is InChI=1S/C10H7N5O/c1-7-2-10(12-4-8(7)3-11)15-13-5-9(6-16)14-15/h2,4-6H,1H3. The van der Waals surface area contributed by atoms with Crippen LogP contribution in [0.1, 0.15) is 21.6 Å². The van der Waals surface area contributed by atoms with Crippen LogP contribution in [-0.2, 0) is 0 Å². The highest BCUT2D eigenvalue weighted by atomic mass is 16.1. The van der Waals surface area contributed by atoms with Crippen LogP contribution in [0, 0.1) is 18.3 Å². The molecule has 0 saturated heterocycles. The summed E-state index contributed by atoms with van der Waals surface area (Å²) in [5, 5.41) is 16.5. The van der Waals surface area contributed by atoms with Crippen LogP contribution in [0.15, 0.2) is 18.5 Å². The van der Waals surface area contributed by atoms with E-state index in [4.69, 9.17) is 5.26 Å². The Morgan fingerprint density at radius 3 is 2.88 bits per heavy atom. The second-order valence-corrected chi connectivity index (χ2v) is 3.15. The molecule has 0 saturated carbocycles. The second-order valence-electron chi connectivity index (χ2n) is 3.15. The maximum Gasteiger partial charge on any atom is 0.174 e. The zero-order chi connectivity index (χ0) is 11.5. The van der Waals surface area contributed by atoms with E-state index in [-0.39, 0.29) is 5.69 Å². The minimum Gasteiger partial charge on any atom is -0.296 e. The predicted octanol–water partition coefficient (Wildman–Crippen LogP) is 0.655. The van der Waals surface area contributed by atoms with Gasteiger partial charge in [-0.2, -0.15) is 10.4 Å². The summed E-state index contributed by atoms with van der Waals surface area (Å²) in [6.07, 6.45) is 3.41. The third-order valence-electron chi connectivity index (χ3n) is 2.05. The summed E-state index contributed by atoms with van der Waals surface area (Å²) < 4.78 is 0. The minimum atomic E-state index is 0.240. The van der Waals surface area contributed by atoms with Crippen molar-refractivity contribution in [2.75, 3.05) is 0 Å². The van der Waals surface area contributed by atoms with E-state index in [0.29, 0.717) is 17.7 Å². The number of carbonyl (C=O) groups is 1. The molecule has 0 atom stereocenters. The molecule has 0 aliphatic rings. The largest absolute Gasteiger partial charge is 0.296 e. The zero-order valence-electron chi connectivity index (χ0n) is 8.45. The number of rotatable bonds is 2. The smallest absolute Gasteiger partial charge is 0.174 e. The van der Waals surface area contributed by atoms with E-state index >= 15 is 0 Å². The van der Waals surface area contributed by atoms with Gasteiger partial charge in [-0.1, -0.05) is 0 Å². The van der Waals surface area contributed by atoms with Gasteiger partial charge in [0.2, 0.25) is 0 Å².